The number of rotatable bonds is 21. The van der Waals surface area contributed by atoms with Crippen molar-refractivity contribution in [2.45, 2.75) is 316 Å². The molecule has 6 saturated carbocycles. The number of methoxy groups -OCH3 is 3. The summed E-state index contributed by atoms with van der Waals surface area (Å²) in [4.78, 5) is 43.3. The van der Waals surface area contributed by atoms with Crippen molar-refractivity contribution in [3.8, 4) is 34.5 Å². The highest BCUT2D eigenvalue weighted by atomic mass is 31.2. The molecular formula is C93H138N3O19PSi3. The zero-order valence-corrected chi connectivity index (χ0v) is 78.8. The van der Waals surface area contributed by atoms with E-state index < -0.39 is 71.6 Å². The van der Waals surface area contributed by atoms with E-state index in [0.717, 1.165) is 171 Å². The molecule has 6 bridgehead atoms. The third kappa shape index (κ3) is 14.9. The summed E-state index contributed by atoms with van der Waals surface area (Å²) in [6.07, 6.45) is 20.8. The highest BCUT2D eigenvalue weighted by molar-refractivity contribution is 7.54. The Bertz CT molecular complexity index is 4380. The van der Waals surface area contributed by atoms with Gasteiger partial charge in [0.1, 0.15) is 41.7 Å². The molecule has 0 radical (unpaired) electrons. The molecule has 3 saturated heterocycles. The number of ether oxygens (including phenoxy) is 6. The standard InChI is InChI=1S/2C29H41NO5Si.C28H41NO4Si.C7H15O5P/c2*1-27(2,3)36(5,6)35-21-10-9-19-15-22-29(32)12-11-20(16-23(31)33-4)26-28(29,24(19)25(21)34-26)13-14-30(22)17-18-7-8-18;1-26(2,3)34(4,5)33-21-9-8-20-16-22-28(31)12-10-19(11-15-30)25-27(28,23(20)24(21)32-25)13-14-29(22)17-18-6-7-18;1-4-11-13(9,12-5-2)6-7(8)10-3/h2*9-10,16,18,22,26,32H,7-8,11-15,17H2,1-6H3;8-9,11,18,22,25,30-31H,6-7,10,12-17H2,1-5H3;4-6H2,1-3H3/b20-16+;20-16-;19-11-;/t2*22-,26?,28+,29-;22-,25?,27+,28-;/m111./s1. The normalized spacial score (nSPS) is 32.2. The summed E-state index contributed by atoms with van der Waals surface area (Å²) in [5.74, 6) is 5.94. The predicted octanol–water partition coefficient (Wildman–Crippen LogP) is 15.4. The topological polar surface area (TPSA) is 260 Å². The van der Waals surface area contributed by atoms with Crippen molar-refractivity contribution >= 4 is 50.5 Å². The van der Waals surface area contributed by atoms with Gasteiger partial charge in [0.25, 0.3) is 25.0 Å². The van der Waals surface area contributed by atoms with Gasteiger partial charge in [0.15, 0.2) is 17.2 Å². The number of carbonyl (C=O) groups excluding carboxylic acids is 3. The maximum atomic E-state index is 12.7. The van der Waals surface area contributed by atoms with Crippen LogP contribution in [0.4, 0.5) is 0 Å². The Kier molecular flexibility index (Phi) is 23.5. The monoisotopic (exact) mass is 1720 g/mol. The molecule has 26 heteroatoms. The second-order valence-electron chi connectivity index (χ2n) is 41.9. The number of piperidine rings is 3. The first-order valence-corrected chi connectivity index (χ1v) is 55.1. The SMILES string of the molecule is CC(C)(C)[Si](C)(C)Oc1ccc2c3c1OC1/C(=C\CO)CC[C@@]4(O)[C@@H](C2)N(CC2CC2)CC[C@]314.CCOP(=O)(CC(=O)OC)OCC.COC(=O)/C=C1/CC[C@@]2(O)[C@H]3Cc4ccc(O[Si](C)(C)C(C)(C)C)c5c4[C@@]2(CCN3CC2CC2)C1O5.COC(=O)/C=C1\CC[C@@]2(O)[C@H]3Cc4ccc(O[Si](C)(C)C(C)(C)C)c5c4[C@@]2(CCN3CC2CC2)C1O5. The summed E-state index contributed by atoms with van der Waals surface area (Å²) in [6, 6.07) is 13.3. The van der Waals surface area contributed by atoms with Crippen molar-refractivity contribution < 1.29 is 90.1 Å². The lowest BCUT2D eigenvalue weighted by Crippen LogP contribution is -2.75. The average Bonchev–Trinajstić information content (AvgIpc) is 1.56. The highest BCUT2D eigenvalue weighted by Gasteiger charge is 2.76. The molecule has 3 aromatic rings. The Hall–Kier alpha value is -5.39. The highest BCUT2D eigenvalue weighted by Crippen LogP contribution is 2.71. The quantitative estimate of drug-likeness (QED) is 0.0193. The van der Waals surface area contributed by atoms with E-state index >= 15 is 0 Å². The summed E-state index contributed by atoms with van der Waals surface area (Å²) in [5.41, 5.74) is 6.17. The molecular weight excluding hydrogens is 1580 g/mol. The van der Waals surface area contributed by atoms with Gasteiger partial charge in [0, 0.05) is 66.6 Å². The fourth-order valence-corrected chi connectivity index (χ4v) is 26.8. The molecule has 9 fully saturated rings. The molecule has 6 aliphatic heterocycles. The van der Waals surface area contributed by atoms with E-state index in [9.17, 15) is 39.4 Å². The number of carbonyl (C=O) groups is 3. The van der Waals surface area contributed by atoms with Crippen LogP contribution in [-0.4, -0.2) is 218 Å². The number of likely N-dealkylation sites (tertiary alicyclic amines) is 3. The number of aliphatic hydroxyl groups excluding tert-OH is 1. The van der Waals surface area contributed by atoms with E-state index in [4.69, 9.17) is 46.0 Å². The summed E-state index contributed by atoms with van der Waals surface area (Å²) >= 11 is 0. The lowest BCUT2D eigenvalue weighted by molar-refractivity contribution is -0.175. The fraction of sp³-hybridized carbons (Fsp3) is 0.710. The maximum absolute atomic E-state index is 12.7. The Labute approximate surface area is 710 Å². The molecule has 6 heterocycles. The van der Waals surface area contributed by atoms with Crippen LogP contribution >= 0.6 is 7.60 Å². The Morgan fingerprint density at radius 2 is 0.782 bits per heavy atom. The zero-order chi connectivity index (χ0) is 85.8. The van der Waals surface area contributed by atoms with E-state index in [1.807, 2.05) is 6.08 Å². The lowest BCUT2D eigenvalue weighted by Gasteiger charge is -2.63. The van der Waals surface area contributed by atoms with Crippen molar-refractivity contribution in [3.63, 3.8) is 0 Å². The van der Waals surface area contributed by atoms with E-state index in [0.29, 0.717) is 25.7 Å². The summed E-state index contributed by atoms with van der Waals surface area (Å²) in [5, 5.41) is 48.0. The maximum Gasteiger partial charge on any atom is 0.341 e. The molecule has 18 rings (SSSR count). The number of hydrogen-bond donors (Lipinski definition) is 4. The predicted molar refractivity (Wildman–Crippen MR) is 466 cm³/mol. The van der Waals surface area contributed by atoms with Gasteiger partial charge in [-0.15, -0.1) is 0 Å². The van der Waals surface area contributed by atoms with Crippen LogP contribution in [0.1, 0.15) is 206 Å². The van der Waals surface area contributed by atoms with Gasteiger partial charge in [-0.1, -0.05) is 86.6 Å². The molecule has 656 valence electrons. The summed E-state index contributed by atoms with van der Waals surface area (Å²) in [6.45, 7) is 43.8. The molecule has 9 aliphatic carbocycles. The second kappa shape index (κ2) is 31.6. The Balaban J connectivity index is 0.000000130. The van der Waals surface area contributed by atoms with Crippen LogP contribution in [0.3, 0.4) is 0 Å². The van der Waals surface area contributed by atoms with Crippen LogP contribution in [0.2, 0.25) is 54.4 Å². The van der Waals surface area contributed by atoms with Crippen molar-refractivity contribution in [1.82, 2.24) is 14.7 Å². The first-order valence-electron chi connectivity index (χ1n) is 44.7. The molecule has 12 atom stereocenters. The van der Waals surface area contributed by atoms with Crippen molar-refractivity contribution in [3.05, 3.63) is 105 Å². The molecule has 0 amide bonds. The molecule has 4 N–H and O–H groups in total. The number of esters is 3. The number of benzene rings is 3. The second-order valence-corrected chi connectivity index (χ2v) is 58.1. The summed E-state index contributed by atoms with van der Waals surface area (Å²) in [7, 11) is -5.51. The van der Waals surface area contributed by atoms with Gasteiger partial charge in [-0.3, -0.25) is 24.1 Å². The third-order valence-corrected chi connectivity index (χ3v) is 46.9. The van der Waals surface area contributed by atoms with Crippen molar-refractivity contribution in [2.24, 2.45) is 17.8 Å². The largest absolute Gasteiger partial charge is 0.541 e. The minimum Gasteiger partial charge on any atom is -0.541 e. The van der Waals surface area contributed by atoms with Crippen molar-refractivity contribution in [2.75, 3.05) is 86.6 Å². The van der Waals surface area contributed by atoms with Crippen LogP contribution in [-0.2, 0) is 77.7 Å². The molecule has 119 heavy (non-hydrogen) atoms. The molecule has 15 aliphatic rings. The Morgan fingerprint density at radius 3 is 1.05 bits per heavy atom. The van der Waals surface area contributed by atoms with Crippen LogP contribution in [0, 0.1) is 17.8 Å². The molecule has 3 spiro atoms. The van der Waals surface area contributed by atoms with Crippen LogP contribution in [0.15, 0.2) is 71.3 Å². The van der Waals surface area contributed by atoms with Crippen molar-refractivity contribution in [1.29, 1.82) is 0 Å². The van der Waals surface area contributed by atoms with Gasteiger partial charge in [0.05, 0.1) is 74.2 Å². The fourth-order valence-electron chi connectivity index (χ4n) is 22.3. The third-order valence-electron chi connectivity index (χ3n) is 32.0. The Morgan fingerprint density at radius 1 is 0.479 bits per heavy atom. The first kappa shape index (κ1) is 88.5. The average molecular weight is 1720 g/mol. The molecule has 3 unspecified atom stereocenters. The molecule has 0 aromatic heterocycles. The number of hydrogen-bond acceptors (Lipinski definition) is 22. The smallest absolute Gasteiger partial charge is 0.341 e. The van der Waals surface area contributed by atoms with Gasteiger partial charge in [-0.05, 0) is 273 Å². The minimum atomic E-state index is -3.27. The first-order chi connectivity index (χ1) is 55.9. The number of aliphatic hydroxyl groups is 4. The van der Waals surface area contributed by atoms with Gasteiger partial charge in [-0.25, -0.2) is 9.59 Å². The van der Waals surface area contributed by atoms with E-state index in [-0.39, 0.29) is 89.5 Å². The lowest BCUT2D eigenvalue weighted by atomic mass is 9.48. The minimum absolute atomic E-state index is 0.0114. The van der Waals surface area contributed by atoms with Crippen LogP contribution in [0.5, 0.6) is 34.5 Å². The van der Waals surface area contributed by atoms with Crippen LogP contribution in [0.25, 0.3) is 0 Å². The van der Waals surface area contributed by atoms with Gasteiger partial charge >= 0.3 is 25.5 Å². The number of nitrogens with zero attached hydrogens (tertiary/aromatic N) is 3. The van der Waals surface area contributed by atoms with E-state index in [1.165, 1.54) is 82.1 Å². The van der Waals surface area contributed by atoms with Gasteiger partial charge in [0.2, 0.25) is 0 Å². The van der Waals surface area contributed by atoms with Crippen LogP contribution < -0.4 is 27.5 Å². The molecule has 3 aromatic carbocycles. The molecule has 22 nitrogen and oxygen atoms in total. The van der Waals surface area contributed by atoms with E-state index in [1.54, 1.807) is 26.0 Å². The van der Waals surface area contributed by atoms with Gasteiger partial charge in [-0.2, -0.15) is 0 Å². The van der Waals surface area contributed by atoms with E-state index in [2.05, 4.69) is 157 Å². The summed E-state index contributed by atoms with van der Waals surface area (Å²) < 4.78 is 76.8. The zero-order valence-electron chi connectivity index (χ0n) is 74.9. The van der Waals surface area contributed by atoms with Gasteiger partial charge < -0.3 is 71.2 Å².